The number of carbonyl (C=O) groups is 2. The van der Waals surface area contributed by atoms with E-state index in [0.29, 0.717) is 43.2 Å². The molecule has 1 aliphatic heterocycles. The third-order valence-electron chi connectivity index (χ3n) is 5.60. The van der Waals surface area contributed by atoms with Crippen molar-refractivity contribution in [2.45, 2.75) is 56.2 Å². The predicted octanol–water partition coefficient (Wildman–Crippen LogP) is 2.14. The van der Waals surface area contributed by atoms with Gasteiger partial charge in [-0.25, -0.2) is 13.2 Å². The van der Waals surface area contributed by atoms with Crippen LogP contribution in [0.15, 0.2) is 16.7 Å². The molecule has 31 heavy (non-hydrogen) atoms. The van der Waals surface area contributed by atoms with Gasteiger partial charge in [0.15, 0.2) is 23.6 Å². The van der Waals surface area contributed by atoms with Gasteiger partial charge in [-0.3, -0.25) is 9.59 Å². The van der Waals surface area contributed by atoms with Gasteiger partial charge in [-0.1, -0.05) is 5.16 Å². The maximum Gasteiger partial charge on any atom is 0.293 e. The van der Waals surface area contributed by atoms with Gasteiger partial charge in [0.05, 0.1) is 12.1 Å². The second-order valence-corrected chi connectivity index (χ2v) is 7.83. The fourth-order valence-corrected chi connectivity index (χ4v) is 3.82. The summed E-state index contributed by atoms with van der Waals surface area (Å²) in [5.41, 5.74) is 5.80. The van der Waals surface area contributed by atoms with Crippen LogP contribution < -0.4 is 5.73 Å². The van der Waals surface area contributed by atoms with Crippen molar-refractivity contribution in [1.29, 1.82) is 0 Å². The molecule has 2 aromatic rings. The van der Waals surface area contributed by atoms with Crippen LogP contribution in [0.1, 0.15) is 54.9 Å². The Balaban J connectivity index is 1.51. The summed E-state index contributed by atoms with van der Waals surface area (Å²) in [5.74, 6) is -3.01. The van der Waals surface area contributed by atoms with Crippen molar-refractivity contribution in [3.05, 3.63) is 46.9 Å². The highest BCUT2D eigenvalue weighted by atomic mass is 19.2. The van der Waals surface area contributed by atoms with Gasteiger partial charge in [0.2, 0.25) is 5.89 Å². The van der Waals surface area contributed by atoms with Crippen LogP contribution in [0.5, 0.6) is 0 Å². The van der Waals surface area contributed by atoms with Crippen LogP contribution in [0.25, 0.3) is 0 Å². The Bertz CT molecular complexity index is 981. The molecule has 3 atom stereocenters. The summed E-state index contributed by atoms with van der Waals surface area (Å²) in [6.07, 6.45) is 1.44. The fraction of sp³-hybridized carbons (Fsp3) is 0.500. The number of nitrogens with zero attached hydrogens (tertiary/aromatic N) is 3. The molecular weight excluding hydrogens is 417 g/mol. The normalized spacial score (nSPS) is 20.5. The summed E-state index contributed by atoms with van der Waals surface area (Å²) in [6, 6.07) is -0.581. The predicted molar refractivity (Wildman–Crippen MR) is 98.9 cm³/mol. The van der Waals surface area contributed by atoms with E-state index in [2.05, 4.69) is 10.1 Å². The lowest BCUT2D eigenvalue weighted by Gasteiger charge is -2.29. The van der Waals surface area contributed by atoms with Crippen LogP contribution >= 0.6 is 0 Å². The fourth-order valence-electron chi connectivity index (χ4n) is 3.82. The second kappa shape index (κ2) is 8.66. The number of carbonyl (C=O) groups excluding carboxylic acids is 2. The molecule has 0 spiro atoms. The Hall–Kier alpha value is -2.95. The molecule has 4 rings (SSSR count). The summed E-state index contributed by atoms with van der Waals surface area (Å²) < 4.78 is 50.9. The molecule has 1 amide bonds. The number of hydrogen-bond donors (Lipinski definition) is 1. The summed E-state index contributed by atoms with van der Waals surface area (Å²) in [4.78, 5) is 30.0. The van der Waals surface area contributed by atoms with E-state index >= 15 is 0 Å². The first-order valence-corrected chi connectivity index (χ1v) is 10.0. The van der Waals surface area contributed by atoms with Gasteiger partial charge in [-0.05, 0) is 43.7 Å². The molecule has 1 saturated carbocycles. The zero-order chi connectivity index (χ0) is 22.1. The van der Waals surface area contributed by atoms with E-state index in [9.17, 15) is 22.8 Å². The van der Waals surface area contributed by atoms with Gasteiger partial charge >= 0.3 is 0 Å². The lowest BCUT2D eigenvalue weighted by atomic mass is 10.00. The lowest BCUT2D eigenvalue weighted by molar-refractivity contribution is -0.153. The molecule has 2 fully saturated rings. The number of rotatable bonds is 8. The standard InChI is InChI=1S/C20H21F3N4O4/c21-12-8-14(23)13(22)6-11(12)7-15(24)17(30-9-28)20(29)27-5-1-2-16(27)18-25-19(31-26-18)10-3-4-10/h6,8-10,15-17H,1-5,7,24H2/t15-,16+,17?/m1/s1. The van der Waals surface area contributed by atoms with Crippen LogP contribution in [-0.4, -0.2) is 46.1 Å². The highest BCUT2D eigenvalue weighted by Crippen LogP contribution is 2.40. The lowest BCUT2D eigenvalue weighted by Crippen LogP contribution is -2.50. The van der Waals surface area contributed by atoms with Crippen LogP contribution in [0, 0.1) is 17.5 Å². The summed E-state index contributed by atoms with van der Waals surface area (Å²) in [6.45, 7) is 0.441. The molecule has 11 heteroatoms. The molecule has 0 bridgehead atoms. The molecule has 8 nitrogen and oxygen atoms in total. The first-order valence-electron chi connectivity index (χ1n) is 10.0. The molecule has 2 aliphatic rings. The van der Waals surface area contributed by atoms with E-state index in [1.54, 1.807) is 0 Å². The van der Waals surface area contributed by atoms with Crippen molar-refractivity contribution in [3.8, 4) is 0 Å². The smallest absolute Gasteiger partial charge is 0.293 e. The van der Waals surface area contributed by atoms with Crippen molar-refractivity contribution in [2.75, 3.05) is 6.54 Å². The Morgan fingerprint density at radius 1 is 1.26 bits per heavy atom. The summed E-state index contributed by atoms with van der Waals surface area (Å²) in [5, 5.41) is 3.99. The van der Waals surface area contributed by atoms with E-state index in [1.165, 1.54) is 4.90 Å². The molecule has 1 unspecified atom stereocenters. The molecule has 166 valence electrons. The summed E-state index contributed by atoms with van der Waals surface area (Å²) in [7, 11) is 0. The Labute approximate surface area is 175 Å². The van der Waals surface area contributed by atoms with E-state index in [1.807, 2.05) is 0 Å². The van der Waals surface area contributed by atoms with Gasteiger partial charge in [-0.2, -0.15) is 4.98 Å². The third kappa shape index (κ3) is 4.41. The van der Waals surface area contributed by atoms with Crippen LogP contribution in [0.3, 0.4) is 0 Å². The second-order valence-electron chi connectivity index (χ2n) is 7.83. The largest absolute Gasteiger partial charge is 0.453 e. The van der Waals surface area contributed by atoms with Gasteiger partial charge in [-0.15, -0.1) is 0 Å². The topological polar surface area (TPSA) is 112 Å². The molecule has 1 aromatic heterocycles. The minimum atomic E-state index is -1.44. The number of benzene rings is 1. The zero-order valence-electron chi connectivity index (χ0n) is 16.5. The maximum absolute atomic E-state index is 14.0. The van der Waals surface area contributed by atoms with Gasteiger partial charge in [0.25, 0.3) is 12.4 Å². The minimum absolute atomic E-state index is 0.0780. The maximum atomic E-state index is 14.0. The van der Waals surface area contributed by atoms with Crippen LogP contribution in [0.4, 0.5) is 13.2 Å². The van der Waals surface area contributed by atoms with Crippen LogP contribution in [0.2, 0.25) is 0 Å². The average Bonchev–Trinajstić information content (AvgIpc) is 3.26. The number of likely N-dealkylation sites (tertiary alicyclic amines) is 1. The Morgan fingerprint density at radius 2 is 2.00 bits per heavy atom. The summed E-state index contributed by atoms with van der Waals surface area (Å²) >= 11 is 0. The number of halogens is 3. The molecule has 1 saturated heterocycles. The Kier molecular flexibility index (Phi) is 5.94. The molecule has 1 aromatic carbocycles. The zero-order valence-corrected chi connectivity index (χ0v) is 16.5. The first kappa shape index (κ1) is 21.3. The monoisotopic (exact) mass is 438 g/mol. The molecule has 2 N–H and O–H groups in total. The average molecular weight is 438 g/mol. The molecule has 0 radical (unpaired) electrons. The SMILES string of the molecule is N[C@H](Cc1cc(F)c(F)cc1F)C(OC=O)C(=O)N1CCC[C@H]1c1noc(C2CC2)n1. The molecule has 1 aliphatic carbocycles. The van der Waals surface area contributed by atoms with E-state index in [4.69, 9.17) is 15.0 Å². The van der Waals surface area contributed by atoms with E-state index in [0.717, 1.165) is 12.8 Å². The molecular formula is C20H21F3N4O4. The molecule has 2 heterocycles. The van der Waals surface area contributed by atoms with E-state index in [-0.39, 0.29) is 24.4 Å². The van der Waals surface area contributed by atoms with Crippen molar-refractivity contribution in [3.63, 3.8) is 0 Å². The number of aromatic nitrogens is 2. The number of ether oxygens (including phenoxy) is 1. The van der Waals surface area contributed by atoms with Gasteiger partial charge in [0, 0.05) is 18.5 Å². The van der Waals surface area contributed by atoms with Gasteiger partial charge in [0.1, 0.15) is 5.82 Å². The highest BCUT2D eigenvalue weighted by molar-refractivity contribution is 5.83. The van der Waals surface area contributed by atoms with Gasteiger partial charge < -0.3 is 19.9 Å². The van der Waals surface area contributed by atoms with Crippen LogP contribution in [-0.2, 0) is 20.7 Å². The number of amides is 1. The highest BCUT2D eigenvalue weighted by Gasteiger charge is 2.40. The van der Waals surface area contributed by atoms with Crippen molar-refractivity contribution < 1.29 is 32.0 Å². The van der Waals surface area contributed by atoms with Crippen molar-refractivity contribution >= 4 is 12.4 Å². The minimum Gasteiger partial charge on any atom is -0.453 e. The van der Waals surface area contributed by atoms with E-state index < -0.39 is 41.5 Å². The number of nitrogens with two attached hydrogens (primary N) is 1. The van der Waals surface area contributed by atoms with Crippen molar-refractivity contribution in [1.82, 2.24) is 15.0 Å². The third-order valence-corrected chi connectivity index (χ3v) is 5.60. The first-order chi connectivity index (χ1) is 14.9. The quantitative estimate of drug-likeness (QED) is 0.496. The van der Waals surface area contributed by atoms with Crippen molar-refractivity contribution in [2.24, 2.45) is 5.73 Å². The Morgan fingerprint density at radius 3 is 2.71 bits per heavy atom. The number of hydrogen-bond acceptors (Lipinski definition) is 7.